The van der Waals surface area contributed by atoms with Crippen molar-refractivity contribution >= 4 is 190 Å². The summed E-state index contributed by atoms with van der Waals surface area (Å²) in [7, 11) is -17.2. The van der Waals surface area contributed by atoms with Crippen molar-refractivity contribution in [2.75, 3.05) is 124 Å². The van der Waals surface area contributed by atoms with Gasteiger partial charge in [-0.3, -0.25) is 40.5 Å². The molecule has 0 bridgehead atoms. The van der Waals surface area contributed by atoms with E-state index in [2.05, 4.69) is 136 Å². The molecule has 0 amide bonds. The van der Waals surface area contributed by atoms with Gasteiger partial charge >= 0.3 is 79.2 Å². The zero-order chi connectivity index (χ0) is 78.0. The first-order chi connectivity index (χ1) is 39.1. The summed E-state index contributed by atoms with van der Waals surface area (Å²) < 4.78 is 189. The zero-order valence-electron chi connectivity index (χ0n) is 50.1. The molecule has 0 aromatic heterocycles. The molecule has 0 aliphatic heterocycles. The normalized spacial score (nSPS) is 13.0. The van der Waals surface area contributed by atoms with Crippen molar-refractivity contribution in [3.05, 3.63) is 0 Å². The van der Waals surface area contributed by atoms with Crippen LogP contribution >= 0.6 is 123 Å². The second-order valence-corrected chi connectivity index (χ2v) is 42.5. The number of halogens is 3. The van der Waals surface area contributed by atoms with Gasteiger partial charge in [0, 0.05) is 67.6 Å². The van der Waals surface area contributed by atoms with Crippen molar-refractivity contribution < 1.29 is 204 Å². The topological polar surface area (TPSA) is 747 Å². The van der Waals surface area contributed by atoms with Crippen LogP contribution in [0, 0.1) is 0 Å². The molecule has 0 saturated heterocycles. The summed E-state index contributed by atoms with van der Waals surface area (Å²) >= 11 is 28.4. The maximum atomic E-state index is 10.3. The smallest absolute Gasteiger partial charge is 0.338 e. The number of hydrogen-bond acceptors (Lipinski definition) is 31. The van der Waals surface area contributed by atoms with Crippen LogP contribution in [0.4, 0.5) is 8.78 Å². The molecule has 0 heterocycles. The molecule has 0 aliphatic rings. The van der Waals surface area contributed by atoms with E-state index >= 15 is 0 Å². The van der Waals surface area contributed by atoms with Gasteiger partial charge in [0.25, 0.3) is 22.6 Å². The molecule has 0 saturated carbocycles. The van der Waals surface area contributed by atoms with Crippen LogP contribution in [-0.2, 0) is 154 Å². The number of nitrogens with one attached hydrogen (secondary N) is 1. The highest BCUT2D eigenvalue weighted by molar-refractivity contribution is 8.59. The van der Waals surface area contributed by atoms with Crippen LogP contribution in [0.5, 0.6) is 0 Å². The number of thiol groups is 2. The van der Waals surface area contributed by atoms with Gasteiger partial charge < -0.3 is 98.1 Å². The van der Waals surface area contributed by atoms with Crippen LogP contribution in [0.1, 0.15) is 20.8 Å². The van der Waals surface area contributed by atoms with Crippen LogP contribution in [-0.4, -0.2) is 240 Å². The van der Waals surface area contributed by atoms with Crippen LogP contribution in [0.15, 0.2) is 0 Å². The molecule has 24 N–H and O–H groups in total. The van der Waals surface area contributed by atoms with Gasteiger partial charge in [-0.1, -0.05) is 19.2 Å². The van der Waals surface area contributed by atoms with Crippen LogP contribution < -0.4 is 16.6 Å². The van der Waals surface area contributed by atoms with Crippen molar-refractivity contribution in [1.29, 1.82) is 0 Å². The lowest BCUT2D eigenvalue weighted by atomic mass is 10.9. The SMILES string of the molecule is CC(F)F.CCP(=O)(O)O.CCS(=O)(=O)O.CN.CNP(O)(O)=S.COP(=O)(O)CN.COP(=O)(O)O.COP(=O)(O)O.COP(=O)(O)OC.COP(O)(=S)Cl.COP(O)(=S)S.COP(O)(O)=S.COS(=O)(=O)O.CO[P+](=O)O.CO[P+](=O)S.CO[P+](C)(O)O. The summed E-state index contributed by atoms with van der Waals surface area (Å²) in [5.41, 5.74) is 6.66. The Morgan fingerprint density at radius 1 is 0.633 bits per heavy atom. The van der Waals surface area contributed by atoms with Crippen LogP contribution in [0.2, 0.25) is 0 Å². The number of phosphoric acid groups is 3. The summed E-state index contributed by atoms with van der Waals surface area (Å²) in [6, 6.07) is 0. The molecule has 45 nitrogen and oxygen atoms in total. The number of phosphoric ester groups is 3. The third-order valence-corrected chi connectivity index (χ3v) is 15.6. The fourth-order valence-corrected chi connectivity index (χ4v) is 0.447. The lowest BCUT2D eigenvalue weighted by Gasteiger charge is -2.01. The fraction of sp³-hybridized carbons (Fsp3) is 1.00. The van der Waals surface area contributed by atoms with Crippen LogP contribution in [0.25, 0.3) is 0 Å². The quantitative estimate of drug-likeness (QED) is 0.0600. The van der Waals surface area contributed by atoms with E-state index in [1.54, 1.807) is 0 Å². The lowest BCUT2D eigenvalue weighted by molar-refractivity contribution is 0.171. The molecular weight excluding hydrogens is 1680 g/mol. The predicted octanol–water partition coefficient (Wildman–Crippen LogP) is 2.56. The minimum atomic E-state index is -4.16. The van der Waals surface area contributed by atoms with Gasteiger partial charge in [-0.25, -0.2) is 27.6 Å². The molecule has 5 atom stereocenters. The minimum Gasteiger partial charge on any atom is -0.338 e. The molecule has 0 aliphatic carbocycles. The Hall–Kier alpha value is 3.77. The van der Waals surface area contributed by atoms with E-state index in [1.807, 2.05) is 0 Å². The Kier molecular flexibility index (Phi) is 114. The molecule has 0 aromatic carbocycles. The largest absolute Gasteiger partial charge is 0.694 e. The Morgan fingerprint density at radius 3 is 0.811 bits per heavy atom. The van der Waals surface area contributed by atoms with Crippen molar-refractivity contribution in [3.63, 3.8) is 0 Å². The van der Waals surface area contributed by atoms with E-state index in [0.29, 0.717) is 0 Å². The summed E-state index contributed by atoms with van der Waals surface area (Å²) in [4.78, 5) is 137. The van der Waals surface area contributed by atoms with Gasteiger partial charge in [0.1, 0.15) is 18.9 Å². The van der Waals surface area contributed by atoms with Gasteiger partial charge in [0.05, 0.1) is 40.5 Å². The van der Waals surface area contributed by atoms with Gasteiger partial charge in [-0.2, -0.15) is 31.1 Å². The van der Waals surface area contributed by atoms with E-state index in [-0.39, 0.29) is 18.2 Å². The first-order valence-corrected chi connectivity index (χ1v) is 48.9. The van der Waals surface area contributed by atoms with E-state index < -0.39 is 114 Å². The second-order valence-electron chi connectivity index (χ2n) is 10.8. The molecule has 0 fully saturated rings. The monoisotopic (exact) mass is 1770 g/mol. The van der Waals surface area contributed by atoms with Crippen molar-refractivity contribution in [2.24, 2.45) is 11.5 Å². The van der Waals surface area contributed by atoms with E-state index in [1.165, 1.54) is 70.2 Å². The summed E-state index contributed by atoms with van der Waals surface area (Å²) in [6.45, 7) is -1.48. The summed E-state index contributed by atoms with van der Waals surface area (Å²) in [5, 5.41) is 2.14. The molecule has 568 valence electrons. The third-order valence-electron chi connectivity index (χ3n) is 4.09. The van der Waals surface area contributed by atoms with Gasteiger partial charge in [-0.05, 0) is 91.0 Å². The van der Waals surface area contributed by atoms with Gasteiger partial charge in [-0.15, -0.1) is 13.9 Å². The number of rotatable bonds is 16. The second kappa shape index (κ2) is 76.9. The molecule has 0 spiro atoms. The highest BCUT2D eigenvalue weighted by Crippen LogP contribution is 2.47. The average molecular weight is 1770 g/mol. The van der Waals surface area contributed by atoms with Crippen molar-refractivity contribution in [3.8, 4) is 0 Å². The Labute approximate surface area is 558 Å². The average Bonchev–Trinajstić information content (AvgIpc) is 3.39. The van der Waals surface area contributed by atoms with E-state index in [0.717, 1.165) is 56.7 Å². The molecule has 0 radical (unpaired) electrons. The first kappa shape index (κ1) is 133. The van der Waals surface area contributed by atoms with Crippen molar-refractivity contribution in [1.82, 2.24) is 5.09 Å². The molecule has 68 heteroatoms. The zero-order valence-corrected chi connectivity index (χ0v) is 68.3. The highest BCUT2D eigenvalue weighted by atomic mass is 35.7. The van der Waals surface area contributed by atoms with Gasteiger partial charge in [0.15, 0.2) is 0 Å². The van der Waals surface area contributed by atoms with E-state index in [4.69, 9.17) is 109 Å². The molecular formula is C22H87ClF2N3O42P12S8+3. The minimum absolute atomic E-state index is 0.0625. The highest BCUT2D eigenvalue weighted by Gasteiger charge is 2.23. The van der Waals surface area contributed by atoms with E-state index in [9.17, 15) is 57.6 Å². The summed E-state index contributed by atoms with van der Waals surface area (Å²) in [6.07, 6.45) is -2.55. The molecule has 90 heavy (non-hydrogen) atoms. The standard InChI is InChI=1S/C2H4F2.C2H8NO3P.C2H7O4P.C2H8O3P.C2H7O3P.C2H6O3S.CH4ClO2PS.CH6NO2PS.CH5N.2CH5O4P.CH4O4S.CH5O3PS.CH3O3P.CH5O2PS2.CH3O2PS/c1-2(3)4;1-6-7(4,5)2-3;1-5-7(3,4)6-2;1-5-6(2,3)4;2*1-2-6(3,4)5;1-4-5(2,3)6;1-2-5(3,4)6;1-2;3*1-5-6(2,3)4;1-4-5(2,3)6;1-4-5(2)3;1-3-4(2,5)6;1-3-4(2)5/h2H,1H3;2-3H2,1H3,(H,4,5);1-2H3,(H,3,4);3-4H,1-2H3;2H2,1H3,(H2,3,4,5);2H2,1H3,(H,3,4,5);1H3,(H,3,6);1H3,(H3,2,3,4,6);2H2,1H3;2*1H3,(H2,2,3,4);1H3,(H,2,3,4);1H3,(H2,2,3,6);1H3;1H3,(H2,2,5,6);1H3/q;;;+1;;;;;;;;;;;;/p+2. The summed E-state index contributed by atoms with van der Waals surface area (Å²) in [5.74, 6) is -3.04. The predicted molar refractivity (Wildman–Crippen MR) is 353 cm³/mol. The molecule has 0 aromatic rings. The lowest BCUT2D eigenvalue weighted by Crippen LogP contribution is -2.00. The van der Waals surface area contributed by atoms with Crippen LogP contribution in [0.3, 0.4) is 0 Å². The molecule has 5 unspecified atom stereocenters. The van der Waals surface area contributed by atoms with Gasteiger partial charge in [0.2, 0.25) is 12.1 Å². The fourth-order valence-electron chi connectivity index (χ4n) is 0.149. The Bertz CT molecular complexity index is 2000. The third kappa shape index (κ3) is 305. The number of hydrogen-bond donors (Lipinski definition) is 24. The Balaban J connectivity index is -0.0000000465. The first-order valence-electron chi connectivity index (χ1n) is 19.6. The Morgan fingerprint density at radius 2 is 0.811 bits per heavy atom. The molecule has 0 rings (SSSR count). The maximum absolute atomic E-state index is 10.3. The number of alkyl halides is 2. The maximum Gasteiger partial charge on any atom is 0.694 e. The number of nitrogens with two attached hydrogens (primary N) is 2. The van der Waals surface area contributed by atoms with Crippen molar-refractivity contribution in [2.45, 2.75) is 27.2 Å².